The normalized spacial score (nSPS) is 13.4. The van der Waals surface area contributed by atoms with E-state index in [1.807, 2.05) is 0 Å². The zero-order valence-corrected chi connectivity index (χ0v) is 9.99. The summed E-state index contributed by atoms with van der Waals surface area (Å²) in [6, 6.07) is 6.11. The lowest BCUT2D eigenvalue weighted by atomic mass is 10.3. The van der Waals surface area contributed by atoms with Gasteiger partial charge in [-0.05, 0) is 26.1 Å². The van der Waals surface area contributed by atoms with Gasteiger partial charge < -0.3 is 9.84 Å². The number of rotatable bonds is 5. The maximum atomic E-state index is 11.5. The second-order valence-electron chi connectivity index (χ2n) is 3.34. The summed E-state index contributed by atoms with van der Waals surface area (Å²) in [6.07, 6.45) is -0.593. The van der Waals surface area contributed by atoms with E-state index in [2.05, 4.69) is 4.72 Å². The fraction of sp³-hybridized carbons (Fsp3) is 0.400. The monoisotopic (exact) mass is 245 g/mol. The first-order valence-electron chi connectivity index (χ1n) is 4.80. The van der Waals surface area contributed by atoms with Crippen LogP contribution >= 0.6 is 0 Å². The fourth-order valence-corrected chi connectivity index (χ4v) is 1.83. The molecule has 0 amide bonds. The van der Waals surface area contributed by atoms with Crippen LogP contribution < -0.4 is 9.46 Å². The fourth-order valence-electron chi connectivity index (χ4n) is 1.07. The molecule has 0 heterocycles. The molecule has 0 aliphatic carbocycles. The van der Waals surface area contributed by atoms with Gasteiger partial charge in [-0.1, -0.05) is 6.07 Å². The molecule has 2 N–H and O–H groups in total. The molecule has 1 aromatic rings. The topological polar surface area (TPSA) is 75.6 Å². The molecule has 90 valence electrons. The van der Waals surface area contributed by atoms with Gasteiger partial charge in [-0.2, -0.15) is 0 Å². The minimum absolute atomic E-state index is 0.128. The van der Waals surface area contributed by atoms with Gasteiger partial charge in [0.2, 0.25) is 10.0 Å². The predicted molar refractivity (Wildman–Crippen MR) is 59.9 cm³/mol. The molecule has 1 rings (SSSR count). The van der Waals surface area contributed by atoms with Gasteiger partial charge >= 0.3 is 0 Å². The molecule has 0 radical (unpaired) electrons. The summed E-state index contributed by atoms with van der Waals surface area (Å²) in [5.41, 5.74) is 0. The second-order valence-corrected chi connectivity index (χ2v) is 5.23. The van der Waals surface area contributed by atoms with Crippen LogP contribution in [0.5, 0.6) is 5.75 Å². The van der Waals surface area contributed by atoms with Crippen molar-refractivity contribution in [2.45, 2.75) is 17.9 Å². The highest BCUT2D eigenvalue weighted by atomic mass is 32.2. The highest BCUT2D eigenvalue weighted by Crippen LogP contribution is 2.17. The molecule has 0 saturated heterocycles. The maximum Gasteiger partial charge on any atom is 0.240 e. The molecule has 1 atom stereocenters. The van der Waals surface area contributed by atoms with Crippen molar-refractivity contribution in [3.05, 3.63) is 24.3 Å². The van der Waals surface area contributed by atoms with E-state index in [1.165, 1.54) is 19.2 Å². The molecule has 0 unspecified atom stereocenters. The lowest BCUT2D eigenvalue weighted by Gasteiger charge is -2.09. The Balaban J connectivity index is 2.87. The summed E-state index contributed by atoms with van der Waals surface area (Å²) in [6.45, 7) is 1.72. The Bertz CT molecular complexity index is 442. The molecule has 0 bridgehead atoms. The van der Waals surface area contributed by atoms with Crippen molar-refractivity contribution in [2.75, 3.05) is 13.7 Å². The summed E-state index contributed by atoms with van der Waals surface area (Å²) in [5, 5.41) is 9.03. The highest BCUT2D eigenvalue weighted by Gasteiger charge is 2.11. The molecular formula is C10H15NO4S. The van der Waals surface area contributed by atoms with E-state index in [1.54, 1.807) is 19.1 Å². The first-order valence-corrected chi connectivity index (χ1v) is 6.28. The number of nitrogens with one attached hydrogen (secondary N) is 1. The van der Waals surface area contributed by atoms with Crippen molar-refractivity contribution < 1.29 is 18.3 Å². The van der Waals surface area contributed by atoms with Crippen LogP contribution in [0.2, 0.25) is 0 Å². The minimum Gasteiger partial charge on any atom is -0.491 e. The predicted octanol–water partition coefficient (Wildman–Crippen LogP) is 0.354. The van der Waals surface area contributed by atoms with Gasteiger partial charge in [-0.3, -0.25) is 0 Å². The molecule has 1 aromatic carbocycles. The van der Waals surface area contributed by atoms with Crippen LogP contribution in [-0.4, -0.2) is 33.3 Å². The first kappa shape index (κ1) is 13.0. The lowest BCUT2D eigenvalue weighted by Crippen LogP contribution is -2.18. The SMILES string of the molecule is CNS(=O)(=O)c1cccc(OC[C@H](C)O)c1. The maximum absolute atomic E-state index is 11.5. The number of hydrogen-bond donors (Lipinski definition) is 2. The summed E-state index contributed by atoms with van der Waals surface area (Å²) in [5.74, 6) is 0.414. The molecule has 0 fully saturated rings. The van der Waals surface area contributed by atoms with Gasteiger partial charge in [-0.25, -0.2) is 13.1 Å². The zero-order valence-electron chi connectivity index (χ0n) is 9.17. The molecule has 5 nitrogen and oxygen atoms in total. The Hall–Kier alpha value is -1.11. The number of sulfonamides is 1. The largest absolute Gasteiger partial charge is 0.491 e. The summed E-state index contributed by atoms with van der Waals surface area (Å²) >= 11 is 0. The van der Waals surface area contributed by atoms with Gasteiger partial charge in [0.05, 0.1) is 11.0 Å². The van der Waals surface area contributed by atoms with Crippen LogP contribution in [0.25, 0.3) is 0 Å². The van der Waals surface area contributed by atoms with E-state index in [9.17, 15) is 8.42 Å². The van der Waals surface area contributed by atoms with Crippen molar-refractivity contribution >= 4 is 10.0 Å². The number of aliphatic hydroxyl groups excluding tert-OH is 1. The van der Waals surface area contributed by atoms with Crippen molar-refractivity contribution in [2.24, 2.45) is 0 Å². The Kier molecular flexibility index (Phi) is 4.28. The van der Waals surface area contributed by atoms with Gasteiger partial charge in [-0.15, -0.1) is 0 Å². The first-order chi connectivity index (χ1) is 7.45. The summed E-state index contributed by atoms with van der Waals surface area (Å²) in [7, 11) is -2.11. The van der Waals surface area contributed by atoms with Gasteiger partial charge in [0.1, 0.15) is 12.4 Å². The average Bonchev–Trinajstić information content (AvgIpc) is 2.27. The van der Waals surface area contributed by atoms with Gasteiger partial charge in [0.15, 0.2) is 0 Å². The van der Waals surface area contributed by atoms with Crippen LogP contribution in [0.15, 0.2) is 29.2 Å². The lowest BCUT2D eigenvalue weighted by molar-refractivity contribution is 0.122. The molecule has 0 spiro atoms. The summed E-state index contributed by atoms with van der Waals surface area (Å²) < 4.78 is 30.4. The van der Waals surface area contributed by atoms with Crippen LogP contribution in [0.4, 0.5) is 0 Å². The van der Waals surface area contributed by atoms with Crippen molar-refractivity contribution in [3.63, 3.8) is 0 Å². The van der Waals surface area contributed by atoms with E-state index in [4.69, 9.17) is 9.84 Å². The Morgan fingerprint density at radius 3 is 2.75 bits per heavy atom. The van der Waals surface area contributed by atoms with E-state index in [0.717, 1.165) is 0 Å². The molecule has 0 aliphatic heterocycles. The molecule has 6 heteroatoms. The number of ether oxygens (including phenoxy) is 1. The van der Waals surface area contributed by atoms with Crippen molar-refractivity contribution in [1.29, 1.82) is 0 Å². The highest BCUT2D eigenvalue weighted by molar-refractivity contribution is 7.89. The molecule has 0 saturated carbocycles. The standard InChI is InChI=1S/C10H15NO4S/c1-8(12)7-15-9-4-3-5-10(6-9)16(13,14)11-2/h3-6,8,11-12H,7H2,1-2H3/t8-/m0/s1. The smallest absolute Gasteiger partial charge is 0.240 e. The molecule has 0 aromatic heterocycles. The van der Waals surface area contributed by atoms with Crippen molar-refractivity contribution in [1.82, 2.24) is 4.72 Å². The number of aliphatic hydroxyl groups is 1. The Morgan fingerprint density at radius 1 is 1.50 bits per heavy atom. The minimum atomic E-state index is -3.45. The van der Waals surface area contributed by atoms with E-state index in [0.29, 0.717) is 5.75 Å². The molecular weight excluding hydrogens is 230 g/mol. The number of benzene rings is 1. The second kappa shape index (κ2) is 5.29. The van der Waals surface area contributed by atoms with Crippen LogP contribution in [0.1, 0.15) is 6.92 Å². The molecule has 16 heavy (non-hydrogen) atoms. The van der Waals surface area contributed by atoms with Crippen LogP contribution in [-0.2, 0) is 10.0 Å². The average molecular weight is 245 g/mol. The third-order valence-electron chi connectivity index (χ3n) is 1.88. The van der Waals surface area contributed by atoms with E-state index < -0.39 is 16.1 Å². The van der Waals surface area contributed by atoms with Gasteiger partial charge in [0, 0.05) is 6.07 Å². The number of hydrogen-bond acceptors (Lipinski definition) is 4. The third kappa shape index (κ3) is 3.48. The third-order valence-corrected chi connectivity index (χ3v) is 3.29. The zero-order chi connectivity index (χ0) is 12.2. The van der Waals surface area contributed by atoms with E-state index in [-0.39, 0.29) is 11.5 Å². The van der Waals surface area contributed by atoms with E-state index >= 15 is 0 Å². The quantitative estimate of drug-likeness (QED) is 0.785. The van der Waals surface area contributed by atoms with Crippen LogP contribution in [0.3, 0.4) is 0 Å². The van der Waals surface area contributed by atoms with Gasteiger partial charge in [0.25, 0.3) is 0 Å². The van der Waals surface area contributed by atoms with Crippen molar-refractivity contribution in [3.8, 4) is 5.75 Å². The molecule has 0 aliphatic rings. The van der Waals surface area contributed by atoms with Crippen LogP contribution in [0, 0.1) is 0 Å². The Morgan fingerprint density at radius 2 is 2.19 bits per heavy atom. The summed E-state index contributed by atoms with van der Waals surface area (Å²) in [4.78, 5) is 0.137. The Labute approximate surface area is 95.1 Å².